The molecule has 0 aliphatic carbocycles. The number of methoxy groups -OCH3 is 1. The van der Waals surface area contributed by atoms with Crippen LogP contribution < -0.4 is 24.8 Å². The van der Waals surface area contributed by atoms with Gasteiger partial charge in [0, 0.05) is 11.8 Å². The quantitative estimate of drug-likeness (QED) is 0.622. The Labute approximate surface area is 188 Å². The predicted molar refractivity (Wildman–Crippen MR) is 122 cm³/mol. The minimum Gasteiger partial charge on any atom is -0.497 e. The molecule has 2 amide bonds. The largest absolute Gasteiger partial charge is 0.497 e. The van der Waals surface area contributed by atoms with Crippen LogP contribution in [-0.4, -0.2) is 57.2 Å². The molecule has 1 unspecified atom stereocenters. The molecular formula is C24H31N3O5. The second-order valence-corrected chi connectivity index (χ2v) is 8.14. The predicted octanol–water partition coefficient (Wildman–Crippen LogP) is 2.85. The van der Waals surface area contributed by atoms with E-state index in [2.05, 4.69) is 10.6 Å². The molecule has 0 radical (unpaired) electrons. The summed E-state index contributed by atoms with van der Waals surface area (Å²) in [5, 5.41) is 5.90. The third kappa shape index (κ3) is 6.37. The van der Waals surface area contributed by atoms with E-state index in [1.54, 1.807) is 43.3 Å². The summed E-state index contributed by atoms with van der Waals surface area (Å²) in [5.41, 5.74) is 1.60. The molecule has 2 N–H and O–H groups in total. The number of nitrogens with zero attached hydrogens (tertiary/aromatic N) is 1. The number of fused-ring (bicyclic) bond motifs is 1. The number of amides is 2. The zero-order valence-electron chi connectivity index (χ0n) is 19.0. The number of carbonyl (C=O) groups is 2. The molecule has 1 aliphatic rings. The van der Waals surface area contributed by atoms with Gasteiger partial charge in [0.25, 0.3) is 0 Å². The highest BCUT2D eigenvalue weighted by Gasteiger charge is 2.22. The molecule has 0 saturated carbocycles. The molecule has 2 aromatic rings. The lowest BCUT2D eigenvalue weighted by atomic mass is 9.95. The molecular weight excluding hydrogens is 410 g/mol. The molecule has 8 heteroatoms. The molecule has 8 nitrogen and oxygen atoms in total. The van der Waals surface area contributed by atoms with Crippen LogP contribution in [0, 0.1) is 5.92 Å². The monoisotopic (exact) mass is 441 g/mol. The number of likely N-dealkylation sites (N-methyl/N-ethyl adjacent to an activating group) is 1. The van der Waals surface area contributed by atoms with Crippen LogP contribution in [0.15, 0.2) is 42.5 Å². The number of ether oxygens (including phenoxy) is 3. The van der Waals surface area contributed by atoms with Crippen LogP contribution in [-0.2, 0) is 9.59 Å². The van der Waals surface area contributed by atoms with Crippen LogP contribution in [0.25, 0.3) is 0 Å². The Morgan fingerprint density at radius 2 is 1.75 bits per heavy atom. The van der Waals surface area contributed by atoms with Gasteiger partial charge in [-0.3, -0.25) is 14.5 Å². The van der Waals surface area contributed by atoms with E-state index in [0.717, 1.165) is 11.3 Å². The first-order chi connectivity index (χ1) is 15.4. The molecule has 1 atom stereocenters. The fourth-order valence-corrected chi connectivity index (χ4v) is 3.55. The van der Waals surface area contributed by atoms with E-state index >= 15 is 0 Å². The summed E-state index contributed by atoms with van der Waals surface area (Å²) < 4.78 is 16.4. The molecule has 1 aliphatic heterocycles. The second kappa shape index (κ2) is 10.9. The van der Waals surface area contributed by atoms with Gasteiger partial charge in [0.2, 0.25) is 11.8 Å². The number of hydrogen-bond acceptors (Lipinski definition) is 6. The van der Waals surface area contributed by atoms with E-state index in [1.165, 1.54) is 0 Å². The van der Waals surface area contributed by atoms with E-state index in [0.29, 0.717) is 30.4 Å². The summed E-state index contributed by atoms with van der Waals surface area (Å²) in [4.78, 5) is 26.7. The minimum atomic E-state index is -0.208. The van der Waals surface area contributed by atoms with Gasteiger partial charge in [-0.2, -0.15) is 0 Å². The lowest BCUT2D eigenvalue weighted by Crippen LogP contribution is -2.41. The first-order valence-electron chi connectivity index (χ1n) is 10.7. The van der Waals surface area contributed by atoms with Crippen molar-refractivity contribution in [3.63, 3.8) is 0 Å². The molecule has 3 rings (SSSR count). The lowest BCUT2D eigenvalue weighted by Gasteiger charge is -2.26. The highest BCUT2D eigenvalue weighted by atomic mass is 16.6. The Morgan fingerprint density at radius 3 is 2.47 bits per heavy atom. The molecule has 0 spiro atoms. The maximum Gasteiger partial charge on any atom is 0.238 e. The SMILES string of the molecule is COc1cccc(NC(=O)CN(C)CC(=O)NC(c2ccc3c(c2)OCCO3)C(C)C)c1. The van der Waals surface area contributed by atoms with Crippen LogP contribution in [0.5, 0.6) is 17.2 Å². The van der Waals surface area contributed by atoms with E-state index in [4.69, 9.17) is 14.2 Å². The van der Waals surface area contributed by atoms with Crippen LogP contribution in [0.4, 0.5) is 5.69 Å². The summed E-state index contributed by atoms with van der Waals surface area (Å²) >= 11 is 0. The summed E-state index contributed by atoms with van der Waals surface area (Å²) in [6, 6.07) is 12.7. The second-order valence-electron chi connectivity index (χ2n) is 8.14. The Bertz CT molecular complexity index is 947. The zero-order chi connectivity index (χ0) is 23.1. The average molecular weight is 442 g/mol. The highest BCUT2D eigenvalue weighted by Crippen LogP contribution is 2.34. The molecule has 0 bridgehead atoms. The van der Waals surface area contributed by atoms with Gasteiger partial charge in [-0.05, 0) is 42.8 Å². The van der Waals surface area contributed by atoms with Gasteiger partial charge in [-0.15, -0.1) is 0 Å². The Hall–Kier alpha value is -3.26. The van der Waals surface area contributed by atoms with Crippen LogP contribution in [0.1, 0.15) is 25.5 Å². The fourth-order valence-electron chi connectivity index (χ4n) is 3.55. The van der Waals surface area contributed by atoms with Crippen molar-refractivity contribution in [1.82, 2.24) is 10.2 Å². The van der Waals surface area contributed by atoms with Crippen molar-refractivity contribution in [3.05, 3.63) is 48.0 Å². The number of benzene rings is 2. The van der Waals surface area contributed by atoms with Crippen molar-refractivity contribution in [2.24, 2.45) is 5.92 Å². The fraction of sp³-hybridized carbons (Fsp3) is 0.417. The summed E-state index contributed by atoms with van der Waals surface area (Å²) in [6.45, 7) is 5.33. The maximum absolute atomic E-state index is 12.7. The number of hydrogen-bond donors (Lipinski definition) is 2. The van der Waals surface area contributed by atoms with Gasteiger partial charge in [0.05, 0.1) is 26.2 Å². The summed E-state index contributed by atoms with van der Waals surface area (Å²) in [7, 11) is 3.31. The number of anilines is 1. The minimum absolute atomic E-state index is 0.0843. The van der Waals surface area contributed by atoms with E-state index in [9.17, 15) is 9.59 Å². The standard InChI is InChI=1S/C24H31N3O5/c1-16(2)24(17-8-9-20-21(12-17)32-11-10-31-20)26-23(29)15-27(3)14-22(28)25-18-6-5-7-19(13-18)30-4/h5-9,12-13,16,24H,10-11,14-15H2,1-4H3,(H,25,28)(H,26,29). The van der Waals surface area contributed by atoms with Crippen molar-refractivity contribution < 1.29 is 23.8 Å². The first kappa shape index (κ1) is 23.4. The third-order valence-electron chi connectivity index (χ3n) is 5.09. The van der Waals surface area contributed by atoms with Gasteiger partial charge in [0.15, 0.2) is 11.5 Å². The first-order valence-corrected chi connectivity index (χ1v) is 10.7. The van der Waals surface area contributed by atoms with E-state index in [1.807, 2.05) is 32.0 Å². The van der Waals surface area contributed by atoms with Crippen LogP contribution >= 0.6 is 0 Å². The van der Waals surface area contributed by atoms with Gasteiger partial charge in [-0.25, -0.2) is 0 Å². The van der Waals surface area contributed by atoms with Gasteiger partial charge < -0.3 is 24.8 Å². The zero-order valence-corrected chi connectivity index (χ0v) is 19.0. The molecule has 0 fully saturated rings. The van der Waals surface area contributed by atoms with Gasteiger partial charge in [0.1, 0.15) is 19.0 Å². The van der Waals surface area contributed by atoms with Crippen molar-refractivity contribution >= 4 is 17.5 Å². The van der Waals surface area contributed by atoms with E-state index in [-0.39, 0.29) is 36.9 Å². The molecule has 2 aromatic carbocycles. The van der Waals surface area contributed by atoms with Crippen molar-refractivity contribution in [3.8, 4) is 17.2 Å². The average Bonchev–Trinajstić information content (AvgIpc) is 2.76. The normalized spacial score (nSPS) is 13.6. The number of carbonyl (C=O) groups excluding carboxylic acids is 2. The van der Waals surface area contributed by atoms with Crippen LogP contribution in [0.3, 0.4) is 0 Å². The Balaban J connectivity index is 1.54. The smallest absolute Gasteiger partial charge is 0.238 e. The maximum atomic E-state index is 12.7. The number of nitrogens with one attached hydrogen (secondary N) is 2. The summed E-state index contributed by atoms with van der Waals surface area (Å²) in [5.74, 6) is 1.88. The topological polar surface area (TPSA) is 89.1 Å². The van der Waals surface area contributed by atoms with Crippen LogP contribution in [0.2, 0.25) is 0 Å². The molecule has 0 aromatic heterocycles. The lowest BCUT2D eigenvalue weighted by molar-refractivity contribution is -0.123. The Morgan fingerprint density at radius 1 is 1.03 bits per heavy atom. The third-order valence-corrected chi connectivity index (χ3v) is 5.09. The Kier molecular flexibility index (Phi) is 7.94. The van der Waals surface area contributed by atoms with Crippen molar-refractivity contribution in [2.45, 2.75) is 19.9 Å². The van der Waals surface area contributed by atoms with Crippen molar-refractivity contribution in [2.75, 3.05) is 45.8 Å². The molecule has 32 heavy (non-hydrogen) atoms. The van der Waals surface area contributed by atoms with Crippen molar-refractivity contribution in [1.29, 1.82) is 0 Å². The van der Waals surface area contributed by atoms with Gasteiger partial charge >= 0.3 is 0 Å². The summed E-state index contributed by atoms with van der Waals surface area (Å²) in [6.07, 6.45) is 0. The molecule has 1 heterocycles. The number of rotatable bonds is 9. The van der Waals surface area contributed by atoms with E-state index < -0.39 is 0 Å². The molecule has 172 valence electrons. The van der Waals surface area contributed by atoms with Gasteiger partial charge in [-0.1, -0.05) is 26.0 Å². The highest BCUT2D eigenvalue weighted by molar-refractivity contribution is 5.92. The molecule has 0 saturated heterocycles.